The summed E-state index contributed by atoms with van der Waals surface area (Å²) in [5, 5.41) is 31.4. The standard InChI is InChI=1S/C10H18N2O5/c13-5-8(9(15)16)12-10(17)11-6-1-3-7(14)4-2-6/h6-8,13-14H,1-5H2,(H,15,16)(H2,11,12,17)/t6?,7?,8-/m0/s1. The molecule has 0 saturated heterocycles. The van der Waals surface area contributed by atoms with Crippen LogP contribution in [0.15, 0.2) is 0 Å². The number of hydrogen-bond acceptors (Lipinski definition) is 4. The lowest BCUT2D eigenvalue weighted by molar-refractivity contribution is -0.140. The molecule has 0 aromatic rings. The maximum Gasteiger partial charge on any atom is 0.328 e. The zero-order chi connectivity index (χ0) is 12.8. The maximum atomic E-state index is 11.4. The van der Waals surface area contributed by atoms with E-state index in [2.05, 4.69) is 10.6 Å². The third-order valence-corrected chi connectivity index (χ3v) is 2.82. The first-order chi connectivity index (χ1) is 8.02. The molecule has 98 valence electrons. The molecule has 7 heteroatoms. The Morgan fingerprint density at radius 2 is 1.82 bits per heavy atom. The first kappa shape index (κ1) is 13.7. The lowest BCUT2D eigenvalue weighted by Gasteiger charge is -2.26. The van der Waals surface area contributed by atoms with Crippen LogP contribution in [-0.2, 0) is 4.79 Å². The fourth-order valence-electron chi connectivity index (χ4n) is 1.79. The van der Waals surface area contributed by atoms with Crippen molar-refractivity contribution in [3.63, 3.8) is 0 Å². The Bertz CT molecular complexity index is 276. The van der Waals surface area contributed by atoms with Crippen LogP contribution in [0, 0.1) is 0 Å². The van der Waals surface area contributed by atoms with Gasteiger partial charge in [-0.2, -0.15) is 0 Å². The van der Waals surface area contributed by atoms with Crippen molar-refractivity contribution in [2.45, 2.75) is 43.9 Å². The number of aliphatic hydroxyl groups is 2. The van der Waals surface area contributed by atoms with Gasteiger partial charge in [0.2, 0.25) is 0 Å². The molecule has 0 spiro atoms. The number of carboxylic acids is 1. The van der Waals surface area contributed by atoms with Gasteiger partial charge in [0.05, 0.1) is 12.7 Å². The van der Waals surface area contributed by atoms with Crippen LogP contribution in [0.1, 0.15) is 25.7 Å². The minimum absolute atomic E-state index is 0.0495. The number of rotatable bonds is 4. The number of carbonyl (C=O) groups is 2. The molecule has 1 aliphatic carbocycles. The van der Waals surface area contributed by atoms with Gasteiger partial charge in [-0.25, -0.2) is 9.59 Å². The van der Waals surface area contributed by atoms with E-state index in [1.807, 2.05) is 0 Å². The van der Waals surface area contributed by atoms with E-state index in [1.165, 1.54) is 0 Å². The number of aliphatic carboxylic acids is 1. The molecule has 2 amide bonds. The van der Waals surface area contributed by atoms with Crippen molar-refractivity contribution in [1.29, 1.82) is 0 Å². The highest BCUT2D eigenvalue weighted by atomic mass is 16.4. The number of urea groups is 1. The van der Waals surface area contributed by atoms with Crippen LogP contribution < -0.4 is 10.6 Å². The zero-order valence-corrected chi connectivity index (χ0v) is 9.43. The van der Waals surface area contributed by atoms with Crippen LogP contribution in [0.2, 0.25) is 0 Å². The molecule has 0 radical (unpaired) electrons. The lowest BCUT2D eigenvalue weighted by Crippen LogP contribution is -2.51. The largest absolute Gasteiger partial charge is 0.480 e. The highest BCUT2D eigenvalue weighted by Crippen LogP contribution is 2.17. The summed E-state index contributed by atoms with van der Waals surface area (Å²) in [6.45, 7) is -0.647. The number of nitrogens with one attached hydrogen (secondary N) is 2. The molecular weight excluding hydrogens is 228 g/mol. The molecule has 17 heavy (non-hydrogen) atoms. The zero-order valence-electron chi connectivity index (χ0n) is 9.43. The third-order valence-electron chi connectivity index (χ3n) is 2.82. The summed E-state index contributed by atoms with van der Waals surface area (Å²) in [5.41, 5.74) is 0. The number of hydrogen-bond donors (Lipinski definition) is 5. The van der Waals surface area contributed by atoms with Crippen LogP contribution in [-0.4, -0.2) is 52.1 Å². The van der Waals surface area contributed by atoms with Crippen molar-refractivity contribution in [3.05, 3.63) is 0 Å². The summed E-state index contributed by atoms with van der Waals surface area (Å²) in [5.74, 6) is -1.28. The Labute approximate surface area is 98.8 Å². The van der Waals surface area contributed by atoms with Gasteiger partial charge in [-0.1, -0.05) is 0 Å². The van der Waals surface area contributed by atoms with Gasteiger partial charge < -0.3 is 26.0 Å². The van der Waals surface area contributed by atoms with E-state index in [0.717, 1.165) is 0 Å². The predicted molar refractivity (Wildman–Crippen MR) is 58.4 cm³/mol. The fourth-order valence-corrected chi connectivity index (χ4v) is 1.79. The monoisotopic (exact) mass is 246 g/mol. The summed E-state index contributed by atoms with van der Waals surface area (Å²) < 4.78 is 0. The van der Waals surface area contributed by atoms with Gasteiger partial charge >= 0.3 is 12.0 Å². The Kier molecular flexibility index (Phi) is 5.17. The van der Waals surface area contributed by atoms with Gasteiger partial charge in [-0.15, -0.1) is 0 Å². The van der Waals surface area contributed by atoms with Crippen molar-refractivity contribution in [3.8, 4) is 0 Å². The van der Waals surface area contributed by atoms with Crippen LogP contribution in [0.4, 0.5) is 4.79 Å². The molecule has 1 saturated carbocycles. The van der Waals surface area contributed by atoms with E-state index in [1.54, 1.807) is 0 Å². The normalized spacial score (nSPS) is 26.0. The molecule has 1 aliphatic rings. The van der Waals surface area contributed by atoms with Gasteiger partial charge in [0.1, 0.15) is 0 Å². The Morgan fingerprint density at radius 1 is 1.24 bits per heavy atom. The molecule has 1 atom stereocenters. The summed E-state index contributed by atoms with van der Waals surface area (Å²) in [6, 6.07) is -1.94. The van der Waals surface area contributed by atoms with Crippen molar-refractivity contribution in [2.24, 2.45) is 0 Å². The van der Waals surface area contributed by atoms with Gasteiger partial charge in [-0.05, 0) is 25.7 Å². The second kappa shape index (κ2) is 6.41. The van der Waals surface area contributed by atoms with Crippen molar-refractivity contribution in [1.82, 2.24) is 10.6 Å². The van der Waals surface area contributed by atoms with Gasteiger partial charge in [0, 0.05) is 6.04 Å². The van der Waals surface area contributed by atoms with Crippen molar-refractivity contribution >= 4 is 12.0 Å². The van der Waals surface area contributed by atoms with E-state index < -0.39 is 24.6 Å². The molecule has 0 aromatic heterocycles. The highest BCUT2D eigenvalue weighted by Gasteiger charge is 2.23. The second-order valence-electron chi connectivity index (χ2n) is 4.20. The Balaban J connectivity index is 2.31. The second-order valence-corrected chi connectivity index (χ2v) is 4.20. The molecule has 1 rings (SSSR count). The van der Waals surface area contributed by atoms with Crippen LogP contribution in [0.25, 0.3) is 0 Å². The minimum Gasteiger partial charge on any atom is -0.480 e. The van der Waals surface area contributed by atoms with E-state index in [9.17, 15) is 14.7 Å². The van der Waals surface area contributed by atoms with Crippen molar-refractivity contribution in [2.75, 3.05) is 6.61 Å². The highest BCUT2D eigenvalue weighted by molar-refractivity contribution is 5.82. The van der Waals surface area contributed by atoms with E-state index in [-0.39, 0.29) is 12.1 Å². The summed E-state index contributed by atoms with van der Waals surface area (Å²) in [7, 11) is 0. The maximum absolute atomic E-state index is 11.4. The minimum atomic E-state index is -1.29. The summed E-state index contributed by atoms with van der Waals surface area (Å²) in [4.78, 5) is 22.0. The molecule has 1 fully saturated rings. The average molecular weight is 246 g/mol. The molecule has 0 aliphatic heterocycles. The third kappa shape index (κ3) is 4.58. The lowest BCUT2D eigenvalue weighted by atomic mass is 9.93. The fraction of sp³-hybridized carbons (Fsp3) is 0.800. The van der Waals surface area contributed by atoms with Gasteiger partial charge in [0.25, 0.3) is 0 Å². The smallest absolute Gasteiger partial charge is 0.328 e. The van der Waals surface area contributed by atoms with Crippen LogP contribution >= 0.6 is 0 Å². The first-order valence-electron chi connectivity index (χ1n) is 5.61. The van der Waals surface area contributed by atoms with Crippen LogP contribution in [0.5, 0.6) is 0 Å². The average Bonchev–Trinajstić information content (AvgIpc) is 2.28. The molecule has 0 unspecified atom stereocenters. The quantitative estimate of drug-likeness (QED) is 0.437. The molecule has 7 nitrogen and oxygen atoms in total. The number of carboxylic acid groups (broad SMARTS) is 1. The SMILES string of the molecule is O=C(NC1CCC(O)CC1)N[C@@H](CO)C(=O)O. The Hall–Kier alpha value is -1.34. The summed E-state index contributed by atoms with van der Waals surface area (Å²) in [6.07, 6.45) is 2.30. The first-order valence-corrected chi connectivity index (χ1v) is 5.61. The van der Waals surface area contributed by atoms with Crippen LogP contribution in [0.3, 0.4) is 0 Å². The van der Waals surface area contributed by atoms with E-state index >= 15 is 0 Å². The molecule has 0 bridgehead atoms. The topological polar surface area (TPSA) is 119 Å². The molecule has 0 heterocycles. The van der Waals surface area contributed by atoms with Crippen molar-refractivity contribution < 1.29 is 24.9 Å². The predicted octanol–water partition coefficient (Wildman–Crippen LogP) is -0.965. The summed E-state index contributed by atoms with van der Waals surface area (Å²) >= 11 is 0. The van der Waals surface area contributed by atoms with Gasteiger partial charge in [-0.3, -0.25) is 0 Å². The molecule has 5 N–H and O–H groups in total. The number of amides is 2. The molecular formula is C10H18N2O5. The molecule has 0 aromatic carbocycles. The number of aliphatic hydroxyl groups excluding tert-OH is 2. The number of carbonyl (C=O) groups excluding carboxylic acids is 1. The van der Waals surface area contributed by atoms with E-state index in [0.29, 0.717) is 25.7 Å². The van der Waals surface area contributed by atoms with Gasteiger partial charge in [0.15, 0.2) is 6.04 Å². The van der Waals surface area contributed by atoms with E-state index in [4.69, 9.17) is 10.2 Å². The Morgan fingerprint density at radius 3 is 2.29 bits per heavy atom.